The van der Waals surface area contributed by atoms with Gasteiger partial charge < -0.3 is 0 Å². The van der Waals surface area contributed by atoms with E-state index in [2.05, 4.69) is 39.8 Å². The molecule has 0 aliphatic heterocycles. The van der Waals surface area contributed by atoms with E-state index in [0.717, 1.165) is 12.1 Å². The summed E-state index contributed by atoms with van der Waals surface area (Å²) in [5, 5.41) is 0. The van der Waals surface area contributed by atoms with E-state index >= 15 is 0 Å². The van der Waals surface area contributed by atoms with Crippen LogP contribution in [-0.2, 0) is 12.0 Å². The first-order valence-electron chi connectivity index (χ1n) is 6.70. The van der Waals surface area contributed by atoms with Crippen molar-refractivity contribution in [3.63, 3.8) is 0 Å². The highest BCUT2D eigenvalue weighted by atomic mass is 32.1. The molecule has 1 aromatic carbocycles. The average molecular weight is 275 g/mol. The number of hydrogen-bond acceptors (Lipinski definition) is 2. The van der Waals surface area contributed by atoms with Crippen LogP contribution in [0.1, 0.15) is 43.3 Å². The smallest absolute Gasteiger partial charge is 0.299 e. The zero-order valence-corrected chi connectivity index (χ0v) is 12.9. The van der Waals surface area contributed by atoms with E-state index in [-0.39, 0.29) is 10.3 Å². The van der Waals surface area contributed by atoms with Crippen molar-refractivity contribution in [1.82, 2.24) is 4.57 Å². The molecule has 0 unspecified atom stereocenters. The maximum absolute atomic E-state index is 12.2. The lowest BCUT2D eigenvalue weighted by Crippen LogP contribution is -2.18. The minimum atomic E-state index is 0.0792. The molecule has 0 bridgehead atoms. The third-order valence-electron chi connectivity index (χ3n) is 3.83. The van der Waals surface area contributed by atoms with Crippen molar-refractivity contribution in [2.24, 2.45) is 0 Å². The van der Waals surface area contributed by atoms with E-state index in [9.17, 15) is 4.79 Å². The van der Waals surface area contributed by atoms with Gasteiger partial charge >= 0.3 is 4.87 Å². The van der Waals surface area contributed by atoms with Gasteiger partial charge in [-0.1, -0.05) is 62.4 Å². The summed E-state index contributed by atoms with van der Waals surface area (Å²) in [6, 6.07) is 10.2. The van der Waals surface area contributed by atoms with Crippen LogP contribution in [0.5, 0.6) is 0 Å². The lowest BCUT2D eigenvalue weighted by Gasteiger charge is -2.22. The Hall–Kier alpha value is -1.35. The molecule has 0 radical (unpaired) electrons. The molecule has 102 valence electrons. The topological polar surface area (TPSA) is 22.0 Å². The minimum absolute atomic E-state index is 0.0792. The molecule has 0 saturated carbocycles. The van der Waals surface area contributed by atoms with Crippen molar-refractivity contribution in [3.8, 4) is 0 Å². The van der Waals surface area contributed by atoms with Gasteiger partial charge in [0, 0.05) is 16.0 Å². The van der Waals surface area contributed by atoms with Gasteiger partial charge in [-0.05, 0) is 18.9 Å². The van der Waals surface area contributed by atoms with E-state index in [4.69, 9.17) is 0 Å². The Morgan fingerprint density at radius 2 is 1.84 bits per heavy atom. The van der Waals surface area contributed by atoms with Gasteiger partial charge in [-0.2, -0.15) is 0 Å². The van der Waals surface area contributed by atoms with Crippen LogP contribution >= 0.6 is 11.3 Å². The number of hydrogen-bond donors (Lipinski definition) is 0. The van der Waals surface area contributed by atoms with E-state index in [1.54, 1.807) is 0 Å². The number of rotatable bonds is 4. The second-order valence-electron chi connectivity index (χ2n) is 5.59. The fourth-order valence-corrected chi connectivity index (χ4v) is 3.38. The third kappa shape index (κ3) is 2.81. The molecule has 1 aromatic heterocycles. The molecule has 3 heteroatoms. The van der Waals surface area contributed by atoms with E-state index in [1.165, 1.54) is 21.8 Å². The summed E-state index contributed by atoms with van der Waals surface area (Å²) < 4.78 is 1.90. The molecule has 1 heterocycles. The summed E-state index contributed by atoms with van der Waals surface area (Å²) in [7, 11) is 0. The monoisotopic (exact) mass is 275 g/mol. The molecular weight excluding hydrogens is 254 g/mol. The first kappa shape index (κ1) is 14.1. The lowest BCUT2D eigenvalue weighted by atomic mass is 9.87. The fourth-order valence-electron chi connectivity index (χ4n) is 2.21. The summed E-state index contributed by atoms with van der Waals surface area (Å²) in [5.74, 6) is 0. The molecule has 19 heavy (non-hydrogen) atoms. The molecule has 0 aliphatic rings. The molecule has 2 rings (SSSR count). The highest BCUT2D eigenvalue weighted by Gasteiger charge is 2.25. The van der Waals surface area contributed by atoms with Gasteiger partial charge in [-0.3, -0.25) is 9.36 Å². The SMILES string of the molecule is CCC(C)(C)c1sc(=O)n(Cc2ccccc2)c1C. The summed E-state index contributed by atoms with van der Waals surface area (Å²) in [5.41, 5.74) is 2.37. The second kappa shape index (κ2) is 5.33. The van der Waals surface area contributed by atoms with E-state index in [0.29, 0.717) is 6.54 Å². The highest BCUT2D eigenvalue weighted by Crippen LogP contribution is 2.31. The normalized spacial score (nSPS) is 11.8. The van der Waals surface area contributed by atoms with E-state index < -0.39 is 0 Å². The molecule has 0 N–H and O–H groups in total. The predicted molar refractivity (Wildman–Crippen MR) is 82.2 cm³/mol. The van der Waals surface area contributed by atoms with Crippen LogP contribution in [0.25, 0.3) is 0 Å². The van der Waals surface area contributed by atoms with Crippen LogP contribution in [-0.4, -0.2) is 4.57 Å². The van der Waals surface area contributed by atoms with Crippen molar-refractivity contribution in [1.29, 1.82) is 0 Å². The lowest BCUT2D eigenvalue weighted by molar-refractivity contribution is 0.509. The Labute approximate surface area is 118 Å². The Bertz CT molecular complexity index is 607. The van der Waals surface area contributed by atoms with Gasteiger partial charge in [0.05, 0.1) is 6.54 Å². The quantitative estimate of drug-likeness (QED) is 0.828. The zero-order valence-electron chi connectivity index (χ0n) is 12.1. The van der Waals surface area contributed by atoms with Crippen molar-refractivity contribution < 1.29 is 0 Å². The Morgan fingerprint density at radius 1 is 1.21 bits per heavy atom. The fraction of sp³-hybridized carbons (Fsp3) is 0.438. The Balaban J connectivity index is 2.41. The first-order chi connectivity index (χ1) is 8.95. The van der Waals surface area contributed by atoms with Gasteiger partial charge in [0.15, 0.2) is 0 Å². The number of benzene rings is 1. The number of aromatic nitrogens is 1. The zero-order chi connectivity index (χ0) is 14.0. The van der Waals surface area contributed by atoms with Crippen molar-refractivity contribution in [2.45, 2.75) is 46.1 Å². The molecule has 0 saturated heterocycles. The first-order valence-corrected chi connectivity index (χ1v) is 7.52. The van der Waals surface area contributed by atoms with Crippen LogP contribution in [0.4, 0.5) is 0 Å². The second-order valence-corrected chi connectivity index (χ2v) is 6.55. The standard InChI is InChI=1S/C16H21NOS/c1-5-16(3,4)14-12(2)17(15(18)19-14)11-13-9-7-6-8-10-13/h6-10H,5,11H2,1-4H3. The number of thiazole rings is 1. The van der Waals surface area contributed by atoms with Gasteiger partial charge in [-0.15, -0.1) is 0 Å². The molecule has 0 atom stereocenters. The van der Waals surface area contributed by atoms with Gasteiger partial charge in [0.25, 0.3) is 0 Å². The summed E-state index contributed by atoms with van der Waals surface area (Å²) >= 11 is 1.40. The van der Waals surface area contributed by atoms with Crippen molar-refractivity contribution in [2.75, 3.05) is 0 Å². The van der Waals surface area contributed by atoms with Gasteiger partial charge in [0.1, 0.15) is 0 Å². The molecular formula is C16H21NOS. The molecule has 0 spiro atoms. The van der Waals surface area contributed by atoms with Gasteiger partial charge in [-0.25, -0.2) is 0 Å². The maximum Gasteiger partial charge on any atom is 0.307 e. The summed E-state index contributed by atoms with van der Waals surface area (Å²) in [6.07, 6.45) is 1.04. The van der Waals surface area contributed by atoms with Crippen LogP contribution in [0, 0.1) is 6.92 Å². The Morgan fingerprint density at radius 3 is 2.42 bits per heavy atom. The third-order valence-corrected chi connectivity index (χ3v) is 5.27. The minimum Gasteiger partial charge on any atom is -0.299 e. The largest absolute Gasteiger partial charge is 0.307 e. The van der Waals surface area contributed by atoms with Crippen LogP contribution in [0.15, 0.2) is 35.1 Å². The molecule has 0 amide bonds. The van der Waals surface area contributed by atoms with E-state index in [1.807, 2.05) is 22.8 Å². The maximum atomic E-state index is 12.2. The predicted octanol–water partition coefficient (Wildman–Crippen LogP) is 3.95. The van der Waals surface area contributed by atoms with Crippen molar-refractivity contribution >= 4 is 11.3 Å². The van der Waals surface area contributed by atoms with Crippen LogP contribution in [0.2, 0.25) is 0 Å². The van der Waals surface area contributed by atoms with Gasteiger partial charge in [0.2, 0.25) is 0 Å². The molecule has 0 fully saturated rings. The number of nitrogens with zero attached hydrogens (tertiary/aromatic N) is 1. The van der Waals surface area contributed by atoms with Crippen LogP contribution < -0.4 is 4.87 Å². The molecule has 2 nitrogen and oxygen atoms in total. The summed E-state index contributed by atoms with van der Waals surface area (Å²) in [4.78, 5) is 13.6. The summed E-state index contributed by atoms with van der Waals surface area (Å²) in [6.45, 7) is 9.32. The molecule has 0 aliphatic carbocycles. The highest BCUT2D eigenvalue weighted by molar-refractivity contribution is 7.09. The Kier molecular flexibility index (Phi) is 3.95. The van der Waals surface area contributed by atoms with Crippen LogP contribution in [0.3, 0.4) is 0 Å². The average Bonchev–Trinajstić information content (AvgIpc) is 2.69. The van der Waals surface area contributed by atoms with Crippen molar-refractivity contribution in [3.05, 3.63) is 56.1 Å². The molecule has 2 aromatic rings.